The van der Waals surface area contributed by atoms with E-state index in [2.05, 4.69) is 5.32 Å². The van der Waals surface area contributed by atoms with Crippen LogP contribution in [0.5, 0.6) is 0 Å². The third kappa shape index (κ3) is 6.60. The van der Waals surface area contributed by atoms with E-state index in [1.165, 1.54) is 24.3 Å². The van der Waals surface area contributed by atoms with Gasteiger partial charge in [-0.1, -0.05) is 74.5 Å². The van der Waals surface area contributed by atoms with Gasteiger partial charge in [0.05, 0.1) is 10.8 Å². The van der Waals surface area contributed by atoms with Gasteiger partial charge >= 0.3 is 5.97 Å². The van der Waals surface area contributed by atoms with Crippen LogP contribution in [0, 0.1) is 16.0 Å². The van der Waals surface area contributed by atoms with Gasteiger partial charge in [0.25, 0.3) is 5.69 Å². The van der Waals surface area contributed by atoms with Gasteiger partial charge in [-0.2, -0.15) is 0 Å². The van der Waals surface area contributed by atoms with Gasteiger partial charge in [0, 0.05) is 17.7 Å². The number of hydrogen-bond acceptors (Lipinski definition) is 6. The van der Waals surface area contributed by atoms with E-state index in [0.29, 0.717) is 0 Å². The smallest absolute Gasteiger partial charge is 0.329 e. The van der Waals surface area contributed by atoms with Crippen molar-refractivity contribution in [1.82, 2.24) is 5.32 Å². The molecule has 0 aliphatic carbocycles. The molecule has 0 saturated carbocycles. The Hall–Kier alpha value is -4.33. The maximum Gasteiger partial charge on any atom is 0.329 e. The molecule has 8 heteroatoms. The number of ether oxygens (including phenoxy) is 1. The molecular formula is C27H26N2O6. The molecule has 0 fully saturated rings. The predicted molar refractivity (Wildman–Crippen MR) is 130 cm³/mol. The molecule has 0 aliphatic rings. The Kier molecular flexibility index (Phi) is 8.45. The molecule has 0 aromatic heterocycles. The molecule has 1 atom stereocenters. The van der Waals surface area contributed by atoms with E-state index >= 15 is 0 Å². The maximum atomic E-state index is 13.4. The Morgan fingerprint density at radius 3 is 1.83 bits per heavy atom. The van der Waals surface area contributed by atoms with Crippen LogP contribution in [0.15, 0.2) is 84.9 Å². The summed E-state index contributed by atoms with van der Waals surface area (Å²) in [7, 11) is 0. The van der Waals surface area contributed by atoms with Crippen LogP contribution >= 0.6 is 0 Å². The number of esters is 1. The van der Waals surface area contributed by atoms with Crippen molar-refractivity contribution in [3.8, 4) is 0 Å². The topological polar surface area (TPSA) is 116 Å². The lowest BCUT2D eigenvalue weighted by molar-refractivity contribution is -0.384. The van der Waals surface area contributed by atoms with Gasteiger partial charge in [-0.25, -0.2) is 4.79 Å². The highest BCUT2D eigenvalue weighted by Gasteiger charge is 2.31. The standard InChI is InChI=1S/C27H26N2O6/c1-18(2)25(27(32)35-17-23(30)19-13-15-22(16-14-19)29(33)34)28-26(31)24(20-9-5-3-6-10-20)21-11-7-4-8-12-21/h3-16,18,24-25H,17H2,1-2H3,(H,28,31)/t25-/m0/s1. The molecular weight excluding hydrogens is 448 g/mol. The third-order valence-electron chi connectivity index (χ3n) is 5.49. The van der Waals surface area contributed by atoms with Crippen molar-refractivity contribution in [3.63, 3.8) is 0 Å². The summed E-state index contributed by atoms with van der Waals surface area (Å²) < 4.78 is 5.21. The number of amides is 1. The van der Waals surface area contributed by atoms with Gasteiger partial charge in [0.1, 0.15) is 6.04 Å². The molecule has 1 amide bonds. The first-order chi connectivity index (χ1) is 16.8. The zero-order valence-electron chi connectivity index (χ0n) is 19.4. The van der Waals surface area contributed by atoms with Crippen molar-refractivity contribution in [3.05, 3.63) is 112 Å². The normalized spacial score (nSPS) is 11.7. The SMILES string of the molecule is CC(C)[C@H](NC(=O)C(c1ccccc1)c1ccccc1)C(=O)OCC(=O)c1ccc([N+](=O)[O-])cc1. The Labute approximate surface area is 203 Å². The fraction of sp³-hybridized carbons (Fsp3) is 0.222. The largest absolute Gasteiger partial charge is 0.456 e. The van der Waals surface area contributed by atoms with Crippen LogP contribution in [0.3, 0.4) is 0 Å². The highest BCUT2D eigenvalue weighted by Crippen LogP contribution is 2.25. The van der Waals surface area contributed by atoms with Crippen molar-refractivity contribution in [1.29, 1.82) is 0 Å². The molecule has 180 valence electrons. The summed E-state index contributed by atoms with van der Waals surface area (Å²) in [5.41, 5.74) is 1.59. The highest BCUT2D eigenvalue weighted by molar-refractivity contribution is 5.98. The summed E-state index contributed by atoms with van der Waals surface area (Å²) in [6, 6.07) is 22.6. The fourth-order valence-electron chi connectivity index (χ4n) is 3.60. The second-order valence-electron chi connectivity index (χ2n) is 8.32. The van der Waals surface area contributed by atoms with Gasteiger partial charge in [0.2, 0.25) is 5.91 Å². The van der Waals surface area contributed by atoms with Crippen molar-refractivity contribution in [2.45, 2.75) is 25.8 Å². The van der Waals surface area contributed by atoms with Gasteiger partial charge in [0.15, 0.2) is 12.4 Å². The molecule has 0 heterocycles. The number of carbonyl (C=O) groups is 3. The molecule has 3 aromatic rings. The first-order valence-corrected chi connectivity index (χ1v) is 11.1. The minimum atomic E-state index is -0.970. The molecule has 0 unspecified atom stereocenters. The van der Waals surface area contributed by atoms with Gasteiger partial charge in [-0.15, -0.1) is 0 Å². The summed E-state index contributed by atoms with van der Waals surface area (Å²) in [5, 5.41) is 13.6. The number of nitro groups is 1. The molecule has 3 rings (SSSR count). The Balaban J connectivity index is 1.71. The van der Waals surface area contributed by atoms with Crippen molar-refractivity contribution >= 4 is 23.3 Å². The number of nitrogens with one attached hydrogen (secondary N) is 1. The van der Waals surface area contributed by atoms with E-state index in [1.807, 2.05) is 60.7 Å². The number of nitrogens with zero attached hydrogens (tertiary/aromatic N) is 1. The molecule has 0 bridgehead atoms. The lowest BCUT2D eigenvalue weighted by Gasteiger charge is -2.24. The molecule has 0 aliphatic heterocycles. The second kappa shape index (κ2) is 11.7. The second-order valence-corrected chi connectivity index (χ2v) is 8.32. The number of carbonyl (C=O) groups excluding carboxylic acids is 3. The minimum Gasteiger partial charge on any atom is -0.456 e. The van der Waals surface area contributed by atoms with Crippen molar-refractivity contribution in [2.75, 3.05) is 6.61 Å². The van der Waals surface area contributed by atoms with E-state index in [-0.39, 0.29) is 23.1 Å². The average Bonchev–Trinajstić information content (AvgIpc) is 2.87. The Morgan fingerprint density at radius 1 is 0.857 bits per heavy atom. The summed E-state index contributed by atoms with van der Waals surface area (Å²) in [4.78, 5) is 48.8. The molecule has 0 spiro atoms. The first-order valence-electron chi connectivity index (χ1n) is 11.1. The summed E-state index contributed by atoms with van der Waals surface area (Å²) in [5.74, 6) is -2.53. The van der Waals surface area contributed by atoms with Crippen LogP contribution in [0.2, 0.25) is 0 Å². The molecule has 1 N–H and O–H groups in total. The molecule has 3 aromatic carbocycles. The van der Waals surface area contributed by atoms with E-state index in [1.54, 1.807) is 13.8 Å². The number of benzene rings is 3. The van der Waals surface area contributed by atoms with Gasteiger partial charge in [-0.05, 0) is 29.2 Å². The van der Waals surface area contributed by atoms with Crippen molar-refractivity contribution < 1.29 is 24.0 Å². The van der Waals surface area contributed by atoms with Crippen LogP contribution in [-0.4, -0.2) is 35.2 Å². The van der Waals surface area contributed by atoms with E-state index < -0.39 is 35.2 Å². The summed E-state index contributed by atoms with van der Waals surface area (Å²) in [6.07, 6.45) is 0. The molecule has 8 nitrogen and oxygen atoms in total. The zero-order valence-corrected chi connectivity index (χ0v) is 19.4. The van der Waals surface area contributed by atoms with E-state index in [0.717, 1.165) is 11.1 Å². The minimum absolute atomic E-state index is 0.146. The maximum absolute atomic E-state index is 13.4. The van der Waals surface area contributed by atoms with Crippen molar-refractivity contribution in [2.24, 2.45) is 5.92 Å². The number of Topliss-reactive ketones (excluding diaryl/α,β-unsaturated/α-hetero) is 1. The number of nitro benzene ring substituents is 1. The monoisotopic (exact) mass is 474 g/mol. The number of rotatable bonds is 10. The predicted octanol–water partition coefficient (Wildman–Crippen LogP) is 4.29. The van der Waals surface area contributed by atoms with Crippen LogP contribution in [0.25, 0.3) is 0 Å². The van der Waals surface area contributed by atoms with Gasteiger partial charge in [-0.3, -0.25) is 19.7 Å². The first kappa shape index (κ1) is 25.3. The van der Waals surface area contributed by atoms with Crippen LogP contribution in [0.4, 0.5) is 5.69 Å². The fourth-order valence-corrected chi connectivity index (χ4v) is 3.60. The lowest BCUT2D eigenvalue weighted by atomic mass is 9.90. The van der Waals surface area contributed by atoms with Gasteiger partial charge < -0.3 is 10.1 Å². The summed E-state index contributed by atoms with van der Waals surface area (Å²) >= 11 is 0. The molecule has 35 heavy (non-hydrogen) atoms. The van der Waals surface area contributed by atoms with Crippen LogP contribution < -0.4 is 5.32 Å². The lowest BCUT2D eigenvalue weighted by Crippen LogP contribution is -2.47. The number of hydrogen-bond donors (Lipinski definition) is 1. The third-order valence-corrected chi connectivity index (χ3v) is 5.49. The number of ketones is 1. The Morgan fingerprint density at radius 2 is 1.37 bits per heavy atom. The number of non-ortho nitro benzene ring substituents is 1. The van der Waals surface area contributed by atoms with Crippen LogP contribution in [-0.2, 0) is 14.3 Å². The Bertz CT molecular complexity index is 1140. The quantitative estimate of drug-likeness (QED) is 0.203. The zero-order chi connectivity index (χ0) is 25.4. The van der Waals surface area contributed by atoms with E-state index in [4.69, 9.17) is 4.74 Å². The average molecular weight is 475 g/mol. The molecule has 0 saturated heterocycles. The van der Waals surface area contributed by atoms with E-state index in [9.17, 15) is 24.5 Å². The molecule has 0 radical (unpaired) electrons. The highest BCUT2D eigenvalue weighted by atomic mass is 16.6. The summed E-state index contributed by atoms with van der Waals surface area (Å²) in [6.45, 7) is 2.99. The van der Waals surface area contributed by atoms with Crippen LogP contribution in [0.1, 0.15) is 41.3 Å².